The van der Waals surface area contributed by atoms with Gasteiger partial charge in [0.1, 0.15) is 17.8 Å². The predicted octanol–water partition coefficient (Wildman–Crippen LogP) is 9.13. The van der Waals surface area contributed by atoms with E-state index in [0.29, 0.717) is 43.8 Å². The smallest absolute Gasteiger partial charge is 0.264 e. The highest BCUT2D eigenvalue weighted by molar-refractivity contribution is 7.85. The Kier molecular flexibility index (Phi) is 15.4. The van der Waals surface area contributed by atoms with Gasteiger partial charge in [0.15, 0.2) is 11.5 Å². The third-order valence-corrected chi connectivity index (χ3v) is 6.60. The Labute approximate surface area is 288 Å². The zero-order valence-electron chi connectivity index (χ0n) is 28.1. The summed E-state index contributed by atoms with van der Waals surface area (Å²) in [6, 6.07) is 18.8. The first kappa shape index (κ1) is 39.8. The van der Waals surface area contributed by atoms with E-state index in [-0.39, 0.29) is 17.8 Å². The van der Waals surface area contributed by atoms with E-state index >= 15 is 0 Å². The van der Waals surface area contributed by atoms with Crippen LogP contribution in [0.4, 0.5) is 0 Å². The van der Waals surface area contributed by atoms with Gasteiger partial charge in [-0.05, 0) is 84.5 Å². The summed E-state index contributed by atoms with van der Waals surface area (Å²) in [5.74, 6) is 1.68. The molecule has 0 unspecified atom stereocenters. The van der Waals surface area contributed by atoms with Crippen molar-refractivity contribution in [1.29, 1.82) is 0 Å². The number of halogens is 2. The molecule has 1 heterocycles. The Morgan fingerprint density at radius 1 is 0.830 bits per heavy atom. The lowest BCUT2D eigenvalue weighted by Gasteiger charge is -2.16. The van der Waals surface area contributed by atoms with Crippen molar-refractivity contribution in [2.45, 2.75) is 48.5 Å². The summed E-state index contributed by atoms with van der Waals surface area (Å²) in [5, 5.41) is 0.816. The molecule has 4 aromatic rings. The lowest BCUT2D eigenvalue weighted by atomic mass is 9.99. The molecule has 4 rings (SSSR count). The van der Waals surface area contributed by atoms with E-state index in [1.807, 2.05) is 27.7 Å². The summed E-state index contributed by atoms with van der Waals surface area (Å²) in [5.41, 5.74) is 1.09. The number of carbonyl (C=O) groups excluding carboxylic acids is 1. The normalized spacial score (nSPS) is 11.4. The van der Waals surface area contributed by atoms with Gasteiger partial charge in [-0.15, -0.1) is 0 Å². The highest BCUT2D eigenvalue weighted by Gasteiger charge is 2.15. The number of ketones is 1. The summed E-state index contributed by atoms with van der Waals surface area (Å²) < 4.78 is 38.0. The number of benzene rings is 3. The van der Waals surface area contributed by atoms with Gasteiger partial charge >= 0.3 is 0 Å². The highest BCUT2D eigenvalue weighted by Crippen LogP contribution is 2.27. The number of rotatable bonds is 10. The van der Waals surface area contributed by atoms with E-state index < -0.39 is 10.1 Å². The molecule has 0 aliphatic rings. The summed E-state index contributed by atoms with van der Waals surface area (Å²) in [7, 11) is -3.26. The second-order valence-electron chi connectivity index (χ2n) is 12.8. The van der Waals surface area contributed by atoms with E-state index in [1.54, 1.807) is 85.5 Å². The number of nitrogens with zero attached hydrogens (tertiary/aromatic N) is 2. The van der Waals surface area contributed by atoms with Gasteiger partial charge in [0, 0.05) is 29.0 Å². The summed E-state index contributed by atoms with van der Waals surface area (Å²) in [6.45, 7) is 16.2. The summed E-state index contributed by atoms with van der Waals surface area (Å²) >= 11 is 12.1. The number of imidazole rings is 1. The van der Waals surface area contributed by atoms with E-state index in [2.05, 4.69) is 29.9 Å². The number of hydrogen-bond donors (Lipinski definition) is 0. The number of ether oxygens (including phenoxy) is 2. The maximum Gasteiger partial charge on any atom is 0.264 e. The summed E-state index contributed by atoms with van der Waals surface area (Å²) in [4.78, 5) is 22.1. The van der Waals surface area contributed by atoms with Crippen molar-refractivity contribution in [3.8, 4) is 17.2 Å². The lowest BCUT2D eigenvalue weighted by molar-refractivity contribution is 0.0805. The second-order valence-corrected chi connectivity index (χ2v) is 15.3. The van der Waals surface area contributed by atoms with Crippen LogP contribution in [0, 0.1) is 10.8 Å². The first-order valence-corrected chi connectivity index (χ1v) is 17.4. The minimum atomic E-state index is -3.26. The van der Waals surface area contributed by atoms with Crippen LogP contribution in [0.25, 0.3) is 0 Å². The molecule has 0 aliphatic carbocycles. The van der Waals surface area contributed by atoms with Crippen molar-refractivity contribution < 1.29 is 31.7 Å². The number of aromatic nitrogens is 2. The summed E-state index contributed by atoms with van der Waals surface area (Å²) in [6.07, 6.45) is 5.94. The van der Waals surface area contributed by atoms with Gasteiger partial charge in [0.2, 0.25) is 0 Å². The average Bonchev–Trinajstić information content (AvgIpc) is 3.50. The lowest BCUT2D eigenvalue weighted by Crippen LogP contribution is -2.17. The third-order valence-electron chi connectivity index (χ3n) is 5.49. The molecule has 1 aromatic heterocycles. The number of carbonyl (C=O) groups is 1. The van der Waals surface area contributed by atoms with Crippen LogP contribution in [0.15, 0.2) is 85.5 Å². The van der Waals surface area contributed by atoms with Crippen molar-refractivity contribution in [3.63, 3.8) is 0 Å². The van der Waals surface area contributed by atoms with Gasteiger partial charge in [-0.25, -0.2) is 4.98 Å². The van der Waals surface area contributed by atoms with Crippen LogP contribution in [0.1, 0.15) is 64.4 Å². The first-order valence-electron chi connectivity index (χ1n) is 14.8. The first-order chi connectivity index (χ1) is 21.8. The van der Waals surface area contributed by atoms with E-state index in [0.717, 1.165) is 19.5 Å². The van der Waals surface area contributed by atoms with Crippen LogP contribution in [0.5, 0.6) is 17.2 Å². The molecule has 0 amide bonds. The maximum absolute atomic E-state index is 12.7. The Morgan fingerprint density at radius 2 is 1.38 bits per heavy atom. The quantitative estimate of drug-likeness (QED) is 0.119. The molecule has 0 bridgehead atoms. The van der Waals surface area contributed by atoms with E-state index in [4.69, 9.17) is 37.5 Å². The molecule has 47 heavy (non-hydrogen) atoms. The van der Waals surface area contributed by atoms with E-state index in [1.165, 1.54) is 4.73 Å². The molecule has 0 spiro atoms. The van der Waals surface area contributed by atoms with Crippen LogP contribution < -0.4 is 9.57 Å². The fourth-order valence-electron chi connectivity index (χ4n) is 3.32. The van der Waals surface area contributed by atoms with Crippen LogP contribution in [-0.2, 0) is 19.0 Å². The minimum Gasteiger partial charge on any atom is -0.457 e. The average molecular weight is 708 g/mol. The molecule has 9 nitrogen and oxygen atoms in total. The fraction of sp³-hybridized carbons (Fsp3) is 0.371. The second kappa shape index (κ2) is 18.2. The molecule has 12 heteroatoms. The molecule has 0 saturated carbocycles. The van der Waals surface area contributed by atoms with Crippen molar-refractivity contribution in [1.82, 2.24) is 9.71 Å². The molecule has 256 valence electrons. The van der Waals surface area contributed by atoms with Crippen LogP contribution in [0.2, 0.25) is 10.0 Å². The molecular formula is C35H44Cl2N2O7S. The number of hydrogen-bond acceptors (Lipinski definition) is 8. The molecule has 0 fully saturated rings. The highest BCUT2D eigenvalue weighted by atomic mass is 35.5. The van der Waals surface area contributed by atoms with E-state index in [9.17, 15) is 13.2 Å². The van der Waals surface area contributed by atoms with Crippen LogP contribution >= 0.6 is 23.2 Å². The molecule has 0 aliphatic heterocycles. The fourth-order valence-corrected chi connectivity index (χ4v) is 4.26. The SMILES string of the molecule is CC(C)(C)COS(C)(=O)=O.CCOCC(C)(C)C.O=C(c1ccc(Oc2ccc(On3ccnc3)cc2)cc1)c1cc(Cl)ccc1Cl. The van der Waals surface area contributed by atoms with Crippen molar-refractivity contribution in [2.24, 2.45) is 10.8 Å². The topological polar surface area (TPSA) is 106 Å². The Balaban J connectivity index is 0.000000352. The Morgan fingerprint density at radius 3 is 1.83 bits per heavy atom. The third kappa shape index (κ3) is 16.8. The molecule has 3 aromatic carbocycles. The standard InChI is InChI=1S/C22H14Cl2N2O3.C7H16O.C6H14O3S/c23-16-3-10-21(24)20(13-16)22(27)15-1-4-17(5-2-15)28-18-6-8-19(9-7-18)29-26-12-11-25-14-26;1-5-8-6-7(2,3)4;1-6(2,3)5-9-10(4,7)8/h1-14H;5-6H2,1-4H3;5H2,1-4H3. The van der Waals surface area contributed by atoms with Gasteiger partial charge in [-0.3, -0.25) is 8.98 Å². The zero-order valence-corrected chi connectivity index (χ0v) is 30.4. The Hall–Kier alpha value is -3.41. The van der Waals surface area contributed by atoms with Crippen molar-refractivity contribution in [3.05, 3.63) is 107 Å². The molecular weight excluding hydrogens is 663 g/mol. The predicted molar refractivity (Wildman–Crippen MR) is 187 cm³/mol. The van der Waals surface area contributed by atoms with Crippen LogP contribution in [0.3, 0.4) is 0 Å². The zero-order chi connectivity index (χ0) is 35.3. The molecule has 0 atom stereocenters. The Bertz CT molecular complexity index is 1630. The van der Waals surface area contributed by atoms with Gasteiger partial charge < -0.3 is 14.3 Å². The van der Waals surface area contributed by atoms with Crippen molar-refractivity contribution in [2.75, 3.05) is 26.1 Å². The van der Waals surface area contributed by atoms with Gasteiger partial charge in [-0.1, -0.05) is 64.7 Å². The molecule has 0 saturated heterocycles. The van der Waals surface area contributed by atoms with Gasteiger partial charge in [-0.2, -0.15) is 13.1 Å². The van der Waals surface area contributed by atoms with Gasteiger partial charge in [0.25, 0.3) is 10.1 Å². The monoisotopic (exact) mass is 706 g/mol. The molecule has 0 radical (unpaired) electrons. The maximum atomic E-state index is 12.7. The minimum absolute atomic E-state index is 0.0942. The van der Waals surface area contributed by atoms with Crippen LogP contribution in [-0.4, -0.2) is 50.0 Å². The largest absolute Gasteiger partial charge is 0.457 e. The molecule has 0 N–H and O–H groups in total. The van der Waals surface area contributed by atoms with Crippen molar-refractivity contribution >= 4 is 39.1 Å². The van der Waals surface area contributed by atoms with Gasteiger partial charge in [0.05, 0.1) is 30.7 Å².